The third-order valence-corrected chi connectivity index (χ3v) is 3.60. The quantitative estimate of drug-likeness (QED) is 0.574. The zero-order valence-corrected chi connectivity index (χ0v) is 15.3. The molecular weight excluding hydrogens is 348 g/mol. The van der Waals surface area contributed by atoms with Crippen molar-refractivity contribution in [1.82, 2.24) is 0 Å². The van der Waals surface area contributed by atoms with Gasteiger partial charge in [0, 0.05) is 5.69 Å². The number of hydrogen-bond acceptors (Lipinski definition) is 6. The van der Waals surface area contributed by atoms with Crippen molar-refractivity contribution < 1.29 is 24.1 Å². The highest BCUT2D eigenvalue weighted by Gasteiger charge is 2.14. The summed E-state index contributed by atoms with van der Waals surface area (Å²) in [5.41, 5.74) is 0.893. The highest BCUT2D eigenvalue weighted by Crippen LogP contribution is 2.37. The number of amides is 1. The predicted octanol–water partition coefficient (Wildman–Crippen LogP) is 3.35. The lowest BCUT2D eigenvalue weighted by atomic mass is 10.1. The molecular formula is C20H20N2O5. The number of nitrogens with zero attached hydrogens (tertiary/aromatic N) is 1. The fourth-order valence-corrected chi connectivity index (χ4v) is 2.31. The van der Waals surface area contributed by atoms with Crippen molar-refractivity contribution >= 4 is 17.7 Å². The molecule has 0 radical (unpaired) electrons. The van der Waals surface area contributed by atoms with Crippen LogP contribution in [0.25, 0.3) is 6.08 Å². The highest BCUT2D eigenvalue weighted by atomic mass is 16.5. The topological polar surface area (TPSA) is 101 Å². The molecule has 0 saturated heterocycles. The van der Waals surface area contributed by atoms with Crippen LogP contribution in [0.4, 0.5) is 5.69 Å². The molecule has 2 aromatic carbocycles. The van der Waals surface area contributed by atoms with E-state index in [-0.39, 0.29) is 22.8 Å². The number of ether oxygens (including phenoxy) is 3. The summed E-state index contributed by atoms with van der Waals surface area (Å²) in [4.78, 5) is 12.4. The third-order valence-electron chi connectivity index (χ3n) is 3.60. The number of hydrogen-bond donors (Lipinski definition) is 2. The molecule has 2 N–H and O–H groups in total. The third kappa shape index (κ3) is 4.92. The van der Waals surface area contributed by atoms with Crippen LogP contribution in [-0.2, 0) is 4.79 Å². The van der Waals surface area contributed by atoms with E-state index in [1.54, 1.807) is 24.3 Å². The molecule has 7 nitrogen and oxygen atoms in total. The zero-order chi connectivity index (χ0) is 19.8. The number of phenols is 1. The van der Waals surface area contributed by atoms with Crippen molar-refractivity contribution in [2.45, 2.75) is 6.92 Å². The number of anilines is 1. The van der Waals surface area contributed by atoms with Gasteiger partial charge in [-0.2, -0.15) is 5.26 Å². The summed E-state index contributed by atoms with van der Waals surface area (Å²) in [7, 11) is 2.79. The number of carbonyl (C=O) groups excluding carboxylic acids is 1. The second kappa shape index (κ2) is 9.15. The minimum absolute atomic E-state index is 0.112. The van der Waals surface area contributed by atoms with E-state index in [0.717, 1.165) is 0 Å². The van der Waals surface area contributed by atoms with Crippen molar-refractivity contribution in [3.8, 4) is 29.1 Å². The molecule has 0 aliphatic rings. The Bertz CT molecular complexity index is 857. The lowest BCUT2D eigenvalue weighted by Gasteiger charge is -2.10. The van der Waals surface area contributed by atoms with Crippen LogP contribution in [0.1, 0.15) is 12.5 Å². The van der Waals surface area contributed by atoms with Gasteiger partial charge < -0.3 is 24.6 Å². The summed E-state index contributed by atoms with van der Waals surface area (Å²) < 4.78 is 15.5. The maximum absolute atomic E-state index is 12.4. The standard InChI is InChI=1S/C20H20N2O5/c1-4-27-16-7-5-15(6-8-16)22-20(24)14(12-21)9-13-10-17(25-2)19(23)18(11-13)26-3/h5-11,23H,4H2,1-3H3,(H,22,24)/b14-9-. The average Bonchev–Trinajstić information content (AvgIpc) is 2.68. The van der Waals surface area contributed by atoms with Crippen LogP contribution in [0.3, 0.4) is 0 Å². The second-order valence-corrected chi connectivity index (χ2v) is 5.36. The molecule has 0 heterocycles. The fourth-order valence-electron chi connectivity index (χ4n) is 2.31. The van der Waals surface area contributed by atoms with Crippen molar-refractivity contribution in [3.63, 3.8) is 0 Å². The van der Waals surface area contributed by atoms with Crippen LogP contribution in [0, 0.1) is 11.3 Å². The number of aromatic hydroxyl groups is 1. The molecule has 27 heavy (non-hydrogen) atoms. The van der Waals surface area contributed by atoms with E-state index < -0.39 is 5.91 Å². The first-order chi connectivity index (χ1) is 13.0. The summed E-state index contributed by atoms with van der Waals surface area (Å²) in [5, 5.41) is 21.9. The van der Waals surface area contributed by atoms with Gasteiger partial charge in [-0.15, -0.1) is 0 Å². The number of nitrogens with one attached hydrogen (secondary N) is 1. The van der Waals surface area contributed by atoms with E-state index in [1.165, 1.54) is 32.4 Å². The van der Waals surface area contributed by atoms with Crippen LogP contribution in [-0.4, -0.2) is 31.8 Å². The van der Waals surface area contributed by atoms with E-state index in [4.69, 9.17) is 14.2 Å². The van der Waals surface area contributed by atoms with Gasteiger partial charge in [-0.05, 0) is 55.0 Å². The van der Waals surface area contributed by atoms with E-state index >= 15 is 0 Å². The minimum Gasteiger partial charge on any atom is -0.502 e. The Morgan fingerprint density at radius 3 is 2.26 bits per heavy atom. The Hall–Kier alpha value is -3.66. The molecule has 0 bridgehead atoms. The molecule has 2 rings (SSSR count). The fraction of sp³-hybridized carbons (Fsp3) is 0.200. The van der Waals surface area contributed by atoms with Gasteiger partial charge in [0.1, 0.15) is 17.4 Å². The molecule has 1 amide bonds. The van der Waals surface area contributed by atoms with Gasteiger partial charge in [-0.1, -0.05) is 0 Å². The van der Waals surface area contributed by atoms with Gasteiger partial charge in [0.25, 0.3) is 5.91 Å². The molecule has 0 aliphatic carbocycles. The average molecular weight is 368 g/mol. The zero-order valence-electron chi connectivity index (χ0n) is 15.3. The summed E-state index contributed by atoms with van der Waals surface area (Å²) in [6.45, 7) is 2.43. The van der Waals surface area contributed by atoms with Crippen LogP contribution < -0.4 is 19.5 Å². The smallest absolute Gasteiger partial charge is 0.266 e. The number of nitriles is 1. The summed E-state index contributed by atoms with van der Waals surface area (Å²) in [6, 6.07) is 11.7. The van der Waals surface area contributed by atoms with Crippen molar-refractivity contribution in [2.75, 3.05) is 26.1 Å². The molecule has 0 unspecified atom stereocenters. The lowest BCUT2D eigenvalue weighted by molar-refractivity contribution is -0.112. The van der Waals surface area contributed by atoms with E-state index in [1.807, 2.05) is 13.0 Å². The summed E-state index contributed by atoms with van der Waals surface area (Å²) in [5.74, 6) is 0.312. The number of benzene rings is 2. The van der Waals surface area contributed by atoms with Gasteiger partial charge >= 0.3 is 0 Å². The molecule has 140 valence electrons. The van der Waals surface area contributed by atoms with Gasteiger partial charge in [0.2, 0.25) is 5.75 Å². The number of carbonyl (C=O) groups is 1. The van der Waals surface area contributed by atoms with Gasteiger partial charge in [0.05, 0.1) is 20.8 Å². The lowest BCUT2D eigenvalue weighted by Crippen LogP contribution is -2.13. The Balaban J connectivity index is 2.25. The molecule has 0 aliphatic heterocycles. The van der Waals surface area contributed by atoms with Crippen LogP contribution >= 0.6 is 0 Å². The molecule has 7 heteroatoms. The molecule has 0 fully saturated rings. The van der Waals surface area contributed by atoms with Crippen molar-refractivity contribution in [1.29, 1.82) is 5.26 Å². The normalized spacial score (nSPS) is 10.7. The Morgan fingerprint density at radius 2 is 1.78 bits per heavy atom. The Morgan fingerprint density at radius 1 is 1.19 bits per heavy atom. The summed E-state index contributed by atoms with van der Waals surface area (Å²) >= 11 is 0. The monoisotopic (exact) mass is 368 g/mol. The van der Waals surface area contributed by atoms with E-state index in [2.05, 4.69) is 5.32 Å². The van der Waals surface area contributed by atoms with Gasteiger partial charge in [-0.25, -0.2) is 0 Å². The minimum atomic E-state index is -0.562. The number of phenolic OH excluding ortho intramolecular Hbond substituents is 1. The molecule has 0 saturated carbocycles. The van der Waals surface area contributed by atoms with Crippen molar-refractivity contribution in [3.05, 3.63) is 47.5 Å². The Labute approximate surface area is 157 Å². The SMILES string of the molecule is CCOc1ccc(NC(=O)/C(C#N)=C\c2cc(OC)c(O)c(OC)c2)cc1. The van der Waals surface area contributed by atoms with Crippen LogP contribution in [0.15, 0.2) is 42.0 Å². The first kappa shape index (κ1) is 19.7. The van der Waals surface area contributed by atoms with E-state index in [9.17, 15) is 15.2 Å². The highest BCUT2D eigenvalue weighted by molar-refractivity contribution is 6.09. The maximum Gasteiger partial charge on any atom is 0.266 e. The largest absolute Gasteiger partial charge is 0.502 e. The van der Waals surface area contributed by atoms with Crippen LogP contribution in [0.2, 0.25) is 0 Å². The molecule has 2 aromatic rings. The number of methoxy groups -OCH3 is 2. The van der Waals surface area contributed by atoms with Gasteiger partial charge in [-0.3, -0.25) is 4.79 Å². The van der Waals surface area contributed by atoms with Crippen LogP contribution in [0.5, 0.6) is 23.0 Å². The first-order valence-electron chi connectivity index (χ1n) is 8.13. The summed E-state index contributed by atoms with van der Waals surface area (Å²) in [6.07, 6.45) is 1.38. The van der Waals surface area contributed by atoms with Crippen molar-refractivity contribution in [2.24, 2.45) is 0 Å². The number of rotatable bonds is 7. The maximum atomic E-state index is 12.4. The van der Waals surface area contributed by atoms with Gasteiger partial charge in [0.15, 0.2) is 11.5 Å². The first-order valence-corrected chi connectivity index (χ1v) is 8.13. The Kier molecular flexibility index (Phi) is 6.67. The predicted molar refractivity (Wildman–Crippen MR) is 101 cm³/mol. The molecule has 0 spiro atoms. The molecule has 0 atom stereocenters. The second-order valence-electron chi connectivity index (χ2n) is 5.36. The van der Waals surface area contributed by atoms with E-state index in [0.29, 0.717) is 23.6 Å². The molecule has 0 aromatic heterocycles.